The van der Waals surface area contributed by atoms with Gasteiger partial charge in [0.1, 0.15) is 0 Å². The van der Waals surface area contributed by atoms with Crippen molar-refractivity contribution in [1.29, 1.82) is 0 Å². The van der Waals surface area contributed by atoms with Gasteiger partial charge in [0.15, 0.2) is 0 Å². The monoisotopic (exact) mass is 225 g/mol. The first-order valence-corrected chi connectivity index (χ1v) is 6.13. The van der Waals surface area contributed by atoms with Gasteiger partial charge >= 0.3 is 0 Å². The van der Waals surface area contributed by atoms with Crippen molar-refractivity contribution in [1.82, 2.24) is 15.0 Å². The summed E-state index contributed by atoms with van der Waals surface area (Å²) in [6.07, 6.45) is 4.90. The van der Waals surface area contributed by atoms with Crippen LogP contribution in [0.5, 0.6) is 0 Å². The summed E-state index contributed by atoms with van der Waals surface area (Å²) in [6, 6.07) is 0. The van der Waals surface area contributed by atoms with E-state index in [1.807, 2.05) is 10.9 Å². The summed E-state index contributed by atoms with van der Waals surface area (Å²) in [4.78, 5) is 0. The Hall–Kier alpha value is -0.900. The third-order valence-electron chi connectivity index (χ3n) is 3.14. The van der Waals surface area contributed by atoms with Crippen LogP contribution in [-0.2, 0) is 13.0 Å². The van der Waals surface area contributed by atoms with Gasteiger partial charge in [0.2, 0.25) is 0 Å². The first kappa shape index (κ1) is 13.2. The standard InChI is InChI=1S/C12H23N3O/c1-10(2)11(3)5-4-7-15-9-12(6-8-16)13-14-15/h9-11,16H,4-8H2,1-3H3. The van der Waals surface area contributed by atoms with E-state index in [1.54, 1.807) is 0 Å². The van der Waals surface area contributed by atoms with E-state index in [4.69, 9.17) is 5.11 Å². The van der Waals surface area contributed by atoms with Crippen molar-refractivity contribution in [2.75, 3.05) is 6.61 Å². The summed E-state index contributed by atoms with van der Waals surface area (Å²) in [5.41, 5.74) is 0.874. The van der Waals surface area contributed by atoms with Crippen LogP contribution in [0.3, 0.4) is 0 Å². The van der Waals surface area contributed by atoms with Gasteiger partial charge < -0.3 is 5.11 Å². The highest BCUT2D eigenvalue weighted by Crippen LogP contribution is 2.16. The second kappa shape index (κ2) is 6.63. The topological polar surface area (TPSA) is 50.9 Å². The Morgan fingerprint density at radius 2 is 2.12 bits per heavy atom. The maximum absolute atomic E-state index is 8.76. The Morgan fingerprint density at radius 1 is 1.38 bits per heavy atom. The number of aliphatic hydroxyl groups excluding tert-OH is 1. The molecule has 16 heavy (non-hydrogen) atoms. The molecule has 0 bridgehead atoms. The van der Waals surface area contributed by atoms with Gasteiger partial charge in [-0.1, -0.05) is 26.0 Å². The molecule has 1 N–H and O–H groups in total. The minimum absolute atomic E-state index is 0.142. The molecule has 0 aliphatic heterocycles. The number of aromatic nitrogens is 3. The van der Waals surface area contributed by atoms with Crippen LogP contribution in [0.1, 0.15) is 39.3 Å². The average Bonchev–Trinajstić information content (AvgIpc) is 2.66. The predicted octanol–water partition coefficient (Wildman–Crippen LogP) is 1.89. The highest BCUT2D eigenvalue weighted by molar-refractivity contribution is 4.91. The van der Waals surface area contributed by atoms with Crippen LogP contribution in [-0.4, -0.2) is 26.7 Å². The molecule has 0 spiro atoms. The zero-order valence-electron chi connectivity index (χ0n) is 10.6. The Morgan fingerprint density at radius 3 is 2.75 bits per heavy atom. The summed E-state index contributed by atoms with van der Waals surface area (Å²) in [5.74, 6) is 1.51. The van der Waals surface area contributed by atoms with Crippen molar-refractivity contribution >= 4 is 0 Å². The lowest BCUT2D eigenvalue weighted by Gasteiger charge is -2.14. The fraction of sp³-hybridized carbons (Fsp3) is 0.833. The Labute approximate surface area is 97.7 Å². The first-order chi connectivity index (χ1) is 7.63. The van der Waals surface area contributed by atoms with Crippen molar-refractivity contribution in [2.24, 2.45) is 11.8 Å². The molecule has 92 valence electrons. The molecule has 4 nitrogen and oxygen atoms in total. The van der Waals surface area contributed by atoms with E-state index in [0.29, 0.717) is 6.42 Å². The normalized spacial score (nSPS) is 13.3. The predicted molar refractivity (Wildman–Crippen MR) is 64.0 cm³/mol. The van der Waals surface area contributed by atoms with Crippen molar-refractivity contribution in [3.8, 4) is 0 Å². The van der Waals surface area contributed by atoms with Gasteiger partial charge in [-0.15, -0.1) is 5.10 Å². The summed E-state index contributed by atoms with van der Waals surface area (Å²) < 4.78 is 1.87. The summed E-state index contributed by atoms with van der Waals surface area (Å²) in [6.45, 7) is 7.89. The molecule has 0 radical (unpaired) electrons. The molecule has 1 rings (SSSR count). The zero-order chi connectivity index (χ0) is 12.0. The third kappa shape index (κ3) is 4.31. The average molecular weight is 225 g/mol. The van der Waals surface area contributed by atoms with Gasteiger partial charge in [0.25, 0.3) is 0 Å². The fourth-order valence-corrected chi connectivity index (χ4v) is 1.59. The number of hydrogen-bond donors (Lipinski definition) is 1. The van der Waals surface area contributed by atoms with Gasteiger partial charge in [-0.05, 0) is 24.7 Å². The van der Waals surface area contributed by atoms with E-state index >= 15 is 0 Å². The van der Waals surface area contributed by atoms with Crippen LogP contribution in [0, 0.1) is 11.8 Å². The van der Waals surface area contributed by atoms with Crippen molar-refractivity contribution in [3.05, 3.63) is 11.9 Å². The molecule has 1 aromatic heterocycles. The van der Waals surface area contributed by atoms with E-state index < -0.39 is 0 Å². The molecule has 0 fully saturated rings. The molecule has 1 aromatic rings. The van der Waals surface area contributed by atoms with E-state index in [1.165, 1.54) is 6.42 Å². The lowest BCUT2D eigenvalue weighted by molar-refractivity contribution is 0.298. The molecule has 0 aromatic carbocycles. The Kier molecular flexibility index (Phi) is 5.46. The third-order valence-corrected chi connectivity index (χ3v) is 3.14. The summed E-state index contributed by atoms with van der Waals surface area (Å²) >= 11 is 0. The quantitative estimate of drug-likeness (QED) is 0.771. The van der Waals surface area contributed by atoms with Crippen LogP contribution >= 0.6 is 0 Å². The lowest BCUT2D eigenvalue weighted by Crippen LogP contribution is -2.06. The maximum atomic E-state index is 8.76. The van der Waals surface area contributed by atoms with Gasteiger partial charge in [-0.2, -0.15) is 0 Å². The molecule has 4 heteroatoms. The van der Waals surface area contributed by atoms with E-state index in [0.717, 1.165) is 30.5 Å². The second-order valence-corrected chi connectivity index (χ2v) is 4.81. The van der Waals surface area contributed by atoms with Gasteiger partial charge in [-0.3, -0.25) is 4.68 Å². The van der Waals surface area contributed by atoms with Crippen LogP contribution in [0.4, 0.5) is 0 Å². The fourth-order valence-electron chi connectivity index (χ4n) is 1.59. The summed E-state index contributed by atoms with van der Waals surface area (Å²) in [7, 11) is 0. The summed E-state index contributed by atoms with van der Waals surface area (Å²) in [5, 5.41) is 16.8. The van der Waals surface area contributed by atoms with E-state index in [9.17, 15) is 0 Å². The lowest BCUT2D eigenvalue weighted by atomic mass is 9.93. The smallest absolute Gasteiger partial charge is 0.0849 e. The van der Waals surface area contributed by atoms with Crippen molar-refractivity contribution < 1.29 is 5.11 Å². The molecular formula is C12H23N3O. The van der Waals surface area contributed by atoms with Gasteiger partial charge in [-0.25, -0.2) is 0 Å². The number of hydrogen-bond acceptors (Lipinski definition) is 3. The van der Waals surface area contributed by atoms with Crippen LogP contribution in [0.25, 0.3) is 0 Å². The van der Waals surface area contributed by atoms with Crippen molar-refractivity contribution in [3.63, 3.8) is 0 Å². The minimum Gasteiger partial charge on any atom is -0.396 e. The molecule has 1 heterocycles. The maximum Gasteiger partial charge on any atom is 0.0849 e. The number of aryl methyl sites for hydroxylation is 1. The van der Waals surface area contributed by atoms with Crippen LogP contribution < -0.4 is 0 Å². The van der Waals surface area contributed by atoms with Gasteiger partial charge in [0, 0.05) is 25.8 Å². The van der Waals surface area contributed by atoms with E-state index in [-0.39, 0.29) is 6.61 Å². The number of nitrogens with zero attached hydrogens (tertiary/aromatic N) is 3. The van der Waals surface area contributed by atoms with E-state index in [2.05, 4.69) is 31.1 Å². The molecule has 0 saturated carbocycles. The molecule has 0 aliphatic carbocycles. The molecule has 1 unspecified atom stereocenters. The molecule has 1 atom stereocenters. The Balaban J connectivity index is 2.26. The molecule has 0 saturated heterocycles. The highest BCUT2D eigenvalue weighted by atomic mass is 16.3. The largest absolute Gasteiger partial charge is 0.396 e. The van der Waals surface area contributed by atoms with Crippen molar-refractivity contribution in [2.45, 2.75) is 46.6 Å². The SMILES string of the molecule is CC(C)C(C)CCCn1cc(CCO)nn1. The molecular weight excluding hydrogens is 202 g/mol. The number of aliphatic hydroxyl groups is 1. The Bertz CT molecular complexity index is 296. The molecule has 0 amide bonds. The highest BCUT2D eigenvalue weighted by Gasteiger charge is 2.07. The number of rotatable bonds is 7. The first-order valence-electron chi connectivity index (χ1n) is 6.13. The van der Waals surface area contributed by atoms with Crippen LogP contribution in [0.15, 0.2) is 6.20 Å². The van der Waals surface area contributed by atoms with Crippen LogP contribution in [0.2, 0.25) is 0 Å². The second-order valence-electron chi connectivity index (χ2n) is 4.81. The zero-order valence-corrected chi connectivity index (χ0v) is 10.6. The minimum atomic E-state index is 0.142. The molecule has 0 aliphatic rings. The van der Waals surface area contributed by atoms with Gasteiger partial charge in [0.05, 0.1) is 5.69 Å².